The molecular weight excluding hydrogens is 264 g/mol. The topological polar surface area (TPSA) is 64.3 Å². The third kappa shape index (κ3) is 6.17. The summed E-state index contributed by atoms with van der Waals surface area (Å²) >= 11 is 0. The number of carbonyl (C=O) groups is 1. The highest BCUT2D eigenvalue weighted by Crippen LogP contribution is 2.26. The predicted octanol–water partition coefficient (Wildman–Crippen LogP) is 3.34. The standard InChI is InChI=1S/C17H28N2O2/c1-5-21-16-9-13(4)6-7-15(16)19-17(20)10-14(11-18)8-12(2)3/h6-7,9,12,14H,5,8,10-11,18H2,1-4H3,(H,19,20). The molecule has 4 heteroatoms. The molecule has 0 aliphatic carbocycles. The van der Waals surface area contributed by atoms with Crippen LogP contribution < -0.4 is 15.8 Å². The first-order valence-corrected chi connectivity index (χ1v) is 7.69. The first kappa shape index (κ1) is 17.5. The highest BCUT2D eigenvalue weighted by atomic mass is 16.5. The van der Waals surface area contributed by atoms with E-state index in [2.05, 4.69) is 19.2 Å². The molecule has 21 heavy (non-hydrogen) atoms. The summed E-state index contributed by atoms with van der Waals surface area (Å²) in [7, 11) is 0. The van der Waals surface area contributed by atoms with Gasteiger partial charge in [0.2, 0.25) is 5.91 Å². The van der Waals surface area contributed by atoms with Crippen LogP contribution in [0.1, 0.15) is 39.2 Å². The van der Waals surface area contributed by atoms with Gasteiger partial charge < -0.3 is 15.8 Å². The lowest BCUT2D eigenvalue weighted by Gasteiger charge is -2.17. The molecule has 1 amide bonds. The van der Waals surface area contributed by atoms with Gasteiger partial charge in [-0.1, -0.05) is 19.9 Å². The highest BCUT2D eigenvalue weighted by molar-refractivity contribution is 5.92. The Morgan fingerprint density at radius 2 is 2.10 bits per heavy atom. The lowest BCUT2D eigenvalue weighted by Crippen LogP contribution is -2.23. The summed E-state index contributed by atoms with van der Waals surface area (Å²) in [6.07, 6.45) is 1.42. The Labute approximate surface area is 128 Å². The average molecular weight is 292 g/mol. The van der Waals surface area contributed by atoms with E-state index in [0.717, 1.165) is 23.4 Å². The Hall–Kier alpha value is -1.55. The fourth-order valence-electron chi connectivity index (χ4n) is 2.40. The maximum Gasteiger partial charge on any atom is 0.224 e. The number of anilines is 1. The van der Waals surface area contributed by atoms with Crippen LogP contribution in [0, 0.1) is 18.8 Å². The lowest BCUT2D eigenvalue weighted by atomic mass is 9.94. The summed E-state index contributed by atoms with van der Waals surface area (Å²) in [5.41, 5.74) is 7.59. The van der Waals surface area contributed by atoms with Crippen LogP contribution in [0.15, 0.2) is 18.2 Å². The van der Waals surface area contributed by atoms with Crippen molar-refractivity contribution in [3.63, 3.8) is 0 Å². The second kappa shape index (κ2) is 8.67. The van der Waals surface area contributed by atoms with Crippen LogP contribution in [0.25, 0.3) is 0 Å². The average Bonchev–Trinajstić information content (AvgIpc) is 2.41. The summed E-state index contributed by atoms with van der Waals surface area (Å²) in [6, 6.07) is 5.79. The molecule has 0 fully saturated rings. The van der Waals surface area contributed by atoms with Crippen molar-refractivity contribution in [1.29, 1.82) is 0 Å². The van der Waals surface area contributed by atoms with Crippen molar-refractivity contribution >= 4 is 11.6 Å². The minimum Gasteiger partial charge on any atom is -0.492 e. The van der Waals surface area contributed by atoms with Crippen LogP contribution in [0.3, 0.4) is 0 Å². The smallest absolute Gasteiger partial charge is 0.224 e. The van der Waals surface area contributed by atoms with Gasteiger partial charge in [-0.2, -0.15) is 0 Å². The quantitative estimate of drug-likeness (QED) is 0.772. The van der Waals surface area contributed by atoms with Gasteiger partial charge in [0.1, 0.15) is 5.75 Å². The largest absolute Gasteiger partial charge is 0.492 e. The number of ether oxygens (including phenoxy) is 1. The third-order valence-corrected chi connectivity index (χ3v) is 3.32. The van der Waals surface area contributed by atoms with Crippen molar-refractivity contribution in [2.75, 3.05) is 18.5 Å². The third-order valence-electron chi connectivity index (χ3n) is 3.32. The maximum atomic E-state index is 12.2. The molecule has 3 N–H and O–H groups in total. The zero-order valence-electron chi connectivity index (χ0n) is 13.6. The number of nitrogens with two attached hydrogens (primary N) is 1. The lowest BCUT2D eigenvalue weighted by molar-refractivity contribution is -0.117. The number of benzene rings is 1. The van der Waals surface area contributed by atoms with Crippen LogP contribution in [-0.4, -0.2) is 19.1 Å². The molecule has 0 heterocycles. The number of aryl methyl sites for hydroxylation is 1. The van der Waals surface area contributed by atoms with E-state index in [-0.39, 0.29) is 11.8 Å². The second-order valence-electron chi connectivity index (χ2n) is 5.92. The maximum absolute atomic E-state index is 12.2. The summed E-state index contributed by atoms with van der Waals surface area (Å²) in [5, 5.41) is 2.94. The number of amides is 1. The van der Waals surface area contributed by atoms with Crippen molar-refractivity contribution in [1.82, 2.24) is 0 Å². The molecule has 0 aromatic heterocycles. The SMILES string of the molecule is CCOc1cc(C)ccc1NC(=O)CC(CN)CC(C)C. The normalized spacial score (nSPS) is 12.3. The molecule has 4 nitrogen and oxygen atoms in total. The first-order valence-electron chi connectivity index (χ1n) is 7.69. The van der Waals surface area contributed by atoms with E-state index in [0.29, 0.717) is 25.5 Å². The van der Waals surface area contributed by atoms with Crippen molar-refractivity contribution in [2.45, 2.75) is 40.5 Å². The zero-order chi connectivity index (χ0) is 15.8. The van der Waals surface area contributed by atoms with E-state index in [1.165, 1.54) is 0 Å². The van der Waals surface area contributed by atoms with Crippen LogP contribution in [-0.2, 0) is 4.79 Å². The molecule has 0 bridgehead atoms. The summed E-state index contributed by atoms with van der Waals surface area (Å²) in [6.45, 7) is 9.34. The Morgan fingerprint density at radius 1 is 1.38 bits per heavy atom. The molecule has 0 aliphatic rings. The van der Waals surface area contributed by atoms with Gasteiger partial charge >= 0.3 is 0 Å². The van der Waals surface area contributed by atoms with Gasteiger partial charge in [-0.05, 0) is 56.3 Å². The summed E-state index contributed by atoms with van der Waals surface area (Å²) in [4.78, 5) is 12.2. The number of hydrogen-bond acceptors (Lipinski definition) is 3. The molecule has 0 aliphatic heterocycles. The number of carbonyl (C=O) groups excluding carboxylic acids is 1. The molecule has 0 saturated heterocycles. The van der Waals surface area contributed by atoms with Crippen molar-refractivity contribution in [3.8, 4) is 5.75 Å². The Kier molecular flexibility index (Phi) is 7.23. The van der Waals surface area contributed by atoms with Gasteiger partial charge in [0.25, 0.3) is 0 Å². The Balaban J connectivity index is 2.69. The van der Waals surface area contributed by atoms with Gasteiger partial charge in [0, 0.05) is 6.42 Å². The van der Waals surface area contributed by atoms with E-state index in [1.807, 2.05) is 32.0 Å². The van der Waals surface area contributed by atoms with Crippen molar-refractivity contribution in [2.24, 2.45) is 17.6 Å². The number of hydrogen-bond donors (Lipinski definition) is 2. The van der Waals surface area contributed by atoms with E-state index in [1.54, 1.807) is 0 Å². The molecule has 1 unspecified atom stereocenters. The van der Waals surface area contributed by atoms with Gasteiger partial charge in [-0.3, -0.25) is 4.79 Å². The Bertz CT molecular complexity index is 458. The first-order chi connectivity index (χ1) is 9.96. The van der Waals surface area contributed by atoms with Gasteiger partial charge in [0.15, 0.2) is 0 Å². The minimum absolute atomic E-state index is 0.00379. The van der Waals surface area contributed by atoms with E-state index >= 15 is 0 Å². The fraction of sp³-hybridized carbons (Fsp3) is 0.588. The van der Waals surface area contributed by atoms with E-state index in [4.69, 9.17) is 10.5 Å². The highest BCUT2D eigenvalue weighted by Gasteiger charge is 2.15. The molecule has 0 spiro atoms. The molecule has 0 radical (unpaired) electrons. The number of rotatable bonds is 8. The summed E-state index contributed by atoms with van der Waals surface area (Å²) < 4.78 is 5.58. The van der Waals surface area contributed by atoms with Crippen molar-refractivity contribution in [3.05, 3.63) is 23.8 Å². The van der Waals surface area contributed by atoms with Crippen LogP contribution in [0.2, 0.25) is 0 Å². The number of nitrogens with one attached hydrogen (secondary N) is 1. The second-order valence-corrected chi connectivity index (χ2v) is 5.92. The molecule has 1 aromatic rings. The monoisotopic (exact) mass is 292 g/mol. The molecule has 118 valence electrons. The van der Waals surface area contributed by atoms with Crippen LogP contribution >= 0.6 is 0 Å². The molecule has 1 aromatic carbocycles. The van der Waals surface area contributed by atoms with E-state index < -0.39 is 0 Å². The minimum atomic E-state index is -0.00379. The van der Waals surface area contributed by atoms with Gasteiger partial charge in [-0.15, -0.1) is 0 Å². The molecular formula is C17H28N2O2. The molecule has 0 saturated carbocycles. The zero-order valence-corrected chi connectivity index (χ0v) is 13.6. The summed E-state index contributed by atoms with van der Waals surface area (Å²) in [5.74, 6) is 1.49. The van der Waals surface area contributed by atoms with Gasteiger partial charge in [-0.25, -0.2) is 0 Å². The predicted molar refractivity (Wildman–Crippen MR) is 87.6 cm³/mol. The van der Waals surface area contributed by atoms with E-state index in [9.17, 15) is 4.79 Å². The molecule has 1 rings (SSSR count). The van der Waals surface area contributed by atoms with Crippen LogP contribution in [0.5, 0.6) is 5.75 Å². The van der Waals surface area contributed by atoms with Crippen LogP contribution in [0.4, 0.5) is 5.69 Å². The van der Waals surface area contributed by atoms with Crippen molar-refractivity contribution < 1.29 is 9.53 Å². The van der Waals surface area contributed by atoms with Gasteiger partial charge in [0.05, 0.1) is 12.3 Å². The fourth-order valence-corrected chi connectivity index (χ4v) is 2.40. The Morgan fingerprint density at radius 3 is 2.67 bits per heavy atom. The molecule has 1 atom stereocenters.